The van der Waals surface area contributed by atoms with Crippen molar-refractivity contribution >= 4 is 22.4 Å². The fourth-order valence-electron chi connectivity index (χ4n) is 3.15. The Kier molecular flexibility index (Phi) is 4.24. The number of hydrogen-bond donors (Lipinski definition) is 5. The molecule has 126 valence electrons. The summed E-state index contributed by atoms with van der Waals surface area (Å²) in [5, 5.41) is 29.3. The summed E-state index contributed by atoms with van der Waals surface area (Å²) in [7, 11) is 0. The van der Waals surface area contributed by atoms with Gasteiger partial charge in [0.1, 0.15) is 23.3 Å². The number of benzene rings is 1. The van der Waals surface area contributed by atoms with E-state index in [0.717, 1.165) is 30.8 Å². The van der Waals surface area contributed by atoms with Crippen LogP contribution in [0, 0.1) is 0 Å². The fraction of sp³-hybridized carbons (Fsp3) is 0.353. The molecule has 5 N–H and O–H groups in total. The molecule has 1 aromatic carbocycles. The molecule has 1 aliphatic rings. The number of nitrogens with one attached hydrogen (secondary N) is 3. The molecule has 0 aliphatic carbocycles. The SMILES string of the molecule is Oc1ccc(C(O)NC2CCNCC2)c2nc(-c3cccs3)[nH]c12. The van der Waals surface area contributed by atoms with Crippen LogP contribution in [-0.2, 0) is 0 Å². The maximum atomic E-state index is 10.6. The molecule has 6 nitrogen and oxygen atoms in total. The van der Waals surface area contributed by atoms with Gasteiger partial charge in [-0.25, -0.2) is 4.98 Å². The molecule has 0 spiro atoms. The van der Waals surface area contributed by atoms with Gasteiger partial charge in [0.2, 0.25) is 0 Å². The monoisotopic (exact) mass is 344 g/mol. The molecule has 3 heterocycles. The predicted molar refractivity (Wildman–Crippen MR) is 95.1 cm³/mol. The average molecular weight is 344 g/mol. The summed E-state index contributed by atoms with van der Waals surface area (Å²) in [5.41, 5.74) is 1.84. The third-order valence-corrected chi connectivity index (χ3v) is 5.31. The summed E-state index contributed by atoms with van der Waals surface area (Å²) in [5.74, 6) is 0.843. The van der Waals surface area contributed by atoms with Crippen molar-refractivity contribution in [3.8, 4) is 16.5 Å². The zero-order valence-electron chi connectivity index (χ0n) is 13.1. The molecule has 0 amide bonds. The standard InChI is InChI=1S/C17H20N4O2S/c22-12-4-3-11(17(23)19-10-5-7-18-8-6-10)14-15(12)21-16(20-14)13-2-1-9-24-13/h1-4,9-10,17-19,22-23H,5-8H2,(H,20,21). The summed E-state index contributed by atoms with van der Waals surface area (Å²) in [4.78, 5) is 8.78. The summed E-state index contributed by atoms with van der Waals surface area (Å²) in [6, 6.07) is 7.54. The third-order valence-electron chi connectivity index (χ3n) is 4.44. The molecule has 24 heavy (non-hydrogen) atoms. The lowest BCUT2D eigenvalue weighted by Gasteiger charge is -2.26. The van der Waals surface area contributed by atoms with Crippen LogP contribution >= 0.6 is 11.3 Å². The van der Waals surface area contributed by atoms with Gasteiger partial charge in [-0.1, -0.05) is 6.07 Å². The Morgan fingerprint density at radius 1 is 1.25 bits per heavy atom. The van der Waals surface area contributed by atoms with E-state index >= 15 is 0 Å². The third kappa shape index (κ3) is 2.91. The number of thiophene rings is 1. The number of aliphatic hydroxyl groups excluding tert-OH is 1. The molecule has 1 aliphatic heterocycles. The molecule has 7 heteroatoms. The van der Waals surface area contributed by atoms with Crippen molar-refractivity contribution in [3.63, 3.8) is 0 Å². The minimum atomic E-state index is -0.810. The first kappa shape index (κ1) is 15.6. The van der Waals surface area contributed by atoms with Gasteiger partial charge in [-0.3, -0.25) is 5.32 Å². The Balaban J connectivity index is 1.68. The summed E-state index contributed by atoms with van der Waals surface area (Å²) < 4.78 is 0. The first-order valence-electron chi connectivity index (χ1n) is 8.12. The highest BCUT2D eigenvalue weighted by Gasteiger charge is 2.21. The average Bonchev–Trinajstić information content (AvgIpc) is 3.26. The number of nitrogens with zero attached hydrogens (tertiary/aromatic N) is 1. The fourth-order valence-corrected chi connectivity index (χ4v) is 3.82. The Morgan fingerprint density at radius 2 is 2.08 bits per heavy atom. The van der Waals surface area contributed by atoms with E-state index in [-0.39, 0.29) is 11.8 Å². The van der Waals surface area contributed by atoms with E-state index in [4.69, 9.17) is 0 Å². The first-order valence-corrected chi connectivity index (χ1v) is 9.00. The lowest BCUT2D eigenvalue weighted by Crippen LogP contribution is -2.41. The van der Waals surface area contributed by atoms with Crippen LogP contribution < -0.4 is 10.6 Å². The minimum Gasteiger partial charge on any atom is -0.506 e. The zero-order valence-corrected chi connectivity index (χ0v) is 13.9. The van der Waals surface area contributed by atoms with E-state index in [1.165, 1.54) is 0 Å². The van der Waals surface area contributed by atoms with Crippen LogP contribution in [0.1, 0.15) is 24.6 Å². The molecule has 3 aromatic rings. The van der Waals surface area contributed by atoms with E-state index in [2.05, 4.69) is 20.6 Å². The van der Waals surface area contributed by atoms with Crippen molar-refractivity contribution < 1.29 is 10.2 Å². The van der Waals surface area contributed by atoms with Crippen LogP contribution in [0.15, 0.2) is 29.6 Å². The van der Waals surface area contributed by atoms with Gasteiger partial charge in [-0.05, 0) is 49.5 Å². The van der Waals surface area contributed by atoms with Gasteiger partial charge in [-0.15, -0.1) is 11.3 Å². The number of aliphatic hydroxyl groups is 1. The number of rotatable bonds is 4. The molecule has 1 unspecified atom stereocenters. The molecule has 0 saturated carbocycles. The van der Waals surface area contributed by atoms with Crippen molar-refractivity contribution in [2.45, 2.75) is 25.1 Å². The Labute approximate surface area is 143 Å². The second-order valence-corrected chi connectivity index (χ2v) is 7.00. The van der Waals surface area contributed by atoms with Gasteiger partial charge in [0.05, 0.1) is 10.4 Å². The number of piperidine rings is 1. The van der Waals surface area contributed by atoms with E-state index in [1.807, 2.05) is 17.5 Å². The second kappa shape index (κ2) is 6.52. The predicted octanol–water partition coefficient (Wildman–Crippen LogP) is 2.33. The molecule has 0 radical (unpaired) electrons. The highest BCUT2D eigenvalue weighted by molar-refractivity contribution is 7.13. The van der Waals surface area contributed by atoms with E-state index in [1.54, 1.807) is 23.5 Å². The molecule has 1 fully saturated rings. The molecule has 1 saturated heterocycles. The molecular formula is C17H20N4O2S. The maximum Gasteiger partial charge on any atom is 0.148 e. The van der Waals surface area contributed by atoms with Crippen molar-refractivity contribution in [2.75, 3.05) is 13.1 Å². The Hall–Kier alpha value is -1.93. The van der Waals surface area contributed by atoms with Crippen molar-refractivity contribution in [3.05, 3.63) is 35.2 Å². The van der Waals surface area contributed by atoms with Gasteiger partial charge in [-0.2, -0.15) is 0 Å². The van der Waals surface area contributed by atoms with Gasteiger partial charge < -0.3 is 20.5 Å². The van der Waals surface area contributed by atoms with Crippen molar-refractivity contribution in [1.29, 1.82) is 0 Å². The Morgan fingerprint density at radius 3 is 2.83 bits per heavy atom. The number of aromatic amines is 1. The zero-order chi connectivity index (χ0) is 16.5. The summed E-state index contributed by atoms with van der Waals surface area (Å²) in [6.45, 7) is 1.92. The van der Waals surface area contributed by atoms with Gasteiger partial charge in [0, 0.05) is 11.6 Å². The highest BCUT2D eigenvalue weighted by atomic mass is 32.1. The van der Waals surface area contributed by atoms with Crippen LogP contribution in [0.2, 0.25) is 0 Å². The quantitative estimate of drug-likeness (QED) is 0.469. The normalized spacial score (nSPS) is 17.4. The second-order valence-electron chi connectivity index (χ2n) is 6.05. The molecule has 0 bridgehead atoms. The van der Waals surface area contributed by atoms with Crippen LogP contribution in [-0.4, -0.2) is 39.3 Å². The smallest absolute Gasteiger partial charge is 0.148 e. The number of fused-ring (bicyclic) bond motifs is 1. The number of phenols is 1. The van der Waals surface area contributed by atoms with Crippen LogP contribution in [0.5, 0.6) is 5.75 Å². The largest absolute Gasteiger partial charge is 0.506 e. The van der Waals surface area contributed by atoms with Crippen LogP contribution in [0.4, 0.5) is 0 Å². The number of hydrogen-bond acceptors (Lipinski definition) is 6. The minimum absolute atomic E-state index is 0.137. The van der Waals surface area contributed by atoms with Crippen LogP contribution in [0.3, 0.4) is 0 Å². The van der Waals surface area contributed by atoms with E-state index in [9.17, 15) is 10.2 Å². The molecule has 2 aromatic heterocycles. The number of phenolic OH excluding ortho intramolecular Hbond substituents is 1. The molecule has 1 atom stereocenters. The first-order chi connectivity index (χ1) is 11.7. The van der Waals surface area contributed by atoms with E-state index in [0.29, 0.717) is 22.4 Å². The van der Waals surface area contributed by atoms with Gasteiger partial charge in [0.15, 0.2) is 0 Å². The number of H-pyrrole nitrogens is 1. The summed E-state index contributed by atoms with van der Waals surface area (Å²) >= 11 is 1.58. The Bertz CT molecular complexity index is 825. The number of aromatic hydroxyl groups is 1. The topological polar surface area (TPSA) is 93.2 Å². The summed E-state index contributed by atoms with van der Waals surface area (Å²) in [6.07, 6.45) is 1.16. The maximum absolute atomic E-state index is 10.6. The van der Waals surface area contributed by atoms with E-state index < -0.39 is 6.23 Å². The van der Waals surface area contributed by atoms with Crippen LogP contribution in [0.25, 0.3) is 21.7 Å². The van der Waals surface area contributed by atoms with Gasteiger partial charge >= 0.3 is 0 Å². The lowest BCUT2D eigenvalue weighted by molar-refractivity contribution is 0.117. The van der Waals surface area contributed by atoms with Crippen molar-refractivity contribution in [2.24, 2.45) is 0 Å². The lowest BCUT2D eigenvalue weighted by atomic mass is 10.1. The highest BCUT2D eigenvalue weighted by Crippen LogP contribution is 2.32. The number of aromatic nitrogens is 2. The molecule has 4 rings (SSSR count). The number of imidazole rings is 1. The van der Waals surface area contributed by atoms with Crippen molar-refractivity contribution in [1.82, 2.24) is 20.6 Å². The van der Waals surface area contributed by atoms with Gasteiger partial charge in [0.25, 0.3) is 0 Å². The molecular weight excluding hydrogens is 324 g/mol.